The van der Waals surface area contributed by atoms with Crippen molar-refractivity contribution in [2.75, 3.05) is 19.5 Å². The minimum atomic E-state index is -4.43. The first-order chi connectivity index (χ1) is 14.4. The summed E-state index contributed by atoms with van der Waals surface area (Å²) >= 11 is 0. The van der Waals surface area contributed by atoms with E-state index in [0.29, 0.717) is 39.9 Å². The fourth-order valence-electron chi connectivity index (χ4n) is 3.06. The van der Waals surface area contributed by atoms with E-state index in [-0.39, 0.29) is 0 Å². The highest BCUT2D eigenvalue weighted by atomic mass is 19.4. The smallest absolute Gasteiger partial charge is 0.416 e. The van der Waals surface area contributed by atoms with E-state index in [1.54, 1.807) is 54.4 Å². The minimum Gasteiger partial charge on any atom is -0.493 e. The SMILES string of the molecule is COc1ccc(Nc2nc(-c3cccc(C(F)(F)F)c3)cn3ccnc23)cc1OC. The number of benzene rings is 2. The Bertz CT molecular complexity index is 1200. The van der Waals surface area contributed by atoms with Gasteiger partial charge in [0, 0.05) is 35.9 Å². The second-order valence-corrected chi connectivity index (χ2v) is 6.41. The van der Waals surface area contributed by atoms with Crippen LogP contribution in [0.3, 0.4) is 0 Å². The second-order valence-electron chi connectivity index (χ2n) is 6.41. The predicted octanol–water partition coefficient (Wildman–Crippen LogP) is 5.18. The molecule has 0 saturated heterocycles. The van der Waals surface area contributed by atoms with Crippen LogP contribution in [0.5, 0.6) is 11.5 Å². The number of aromatic nitrogens is 3. The van der Waals surface area contributed by atoms with Crippen molar-refractivity contribution < 1.29 is 22.6 Å². The molecule has 1 N–H and O–H groups in total. The van der Waals surface area contributed by atoms with Gasteiger partial charge in [-0.1, -0.05) is 12.1 Å². The number of ether oxygens (including phenoxy) is 2. The van der Waals surface area contributed by atoms with Gasteiger partial charge in [0.1, 0.15) is 0 Å². The van der Waals surface area contributed by atoms with Gasteiger partial charge < -0.3 is 19.2 Å². The third-order valence-electron chi connectivity index (χ3n) is 4.51. The van der Waals surface area contributed by atoms with Gasteiger partial charge in [0.15, 0.2) is 23.0 Å². The van der Waals surface area contributed by atoms with E-state index >= 15 is 0 Å². The van der Waals surface area contributed by atoms with E-state index < -0.39 is 11.7 Å². The quantitative estimate of drug-likeness (QED) is 0.488. The van der Waals surface area contributed by atoms with Gasteiger partial charge in [-0.05, 0) is 24.3 Å². The Labute approximate surface area is 169 Å². The molecule has 2 heterocycles. The molecular weight excluding hydrogens is 397 g/mol. The van der Waals surface area contributed by atoms with E-state index in [4.69, 9.17) is 9.47 Å². The van der Waals surface area contributed by atoms with Crippen molar-refractivity contribution in [2.24, 2.45) is 0 Å². The fourth-order valence-corrected chi connectivity index (χ4v) is 3.06. The molecule has 2 aromatic carbocycles. The normalized spacial score (nSPS) is 11.5. The number of anilines is 2. The highest BCUT2D eigenvalue weighted by Gasteiger charge is 2.30. The molecule has 0 spiro atoms. The lowest BCUT2D eigenvalue weighted by atomic mass is 10.1. The average molecular weight is 414 g/mol. The van der Waals surface area contributed by atoms with E-state index in [1.165, 1.54) is 13.2 Å². The van der Waals surface area contributed by atoms with Gasteiger partial charge in [-0.25, -0.2) is 9.97 Å². The van der Waals surface area contributed by atoms with Crippen molar-refractivity contribution >= 4 is 17.2 Å². The fraction of sp³-hybridized carbons (Fsp3) is 0.143. The van der Waals surface area contributed by atoms with Crippen LogP contribution in [0.1, 0.15) is 5.56 Å². The summed E-state index contributed by atoms with van der Waals surface area (Å²) in [7, 11) is 3.07. The van der Waals surface area contributed by atoms with Crippen LogP contribution in [-0.2, 0) is 6.18 Å². The summed E-state index contributed by atoms with van der Waals surface area (Å²) in [5.74, 6) is 1.48. The maximum atomic E-state index is 13.1. The number of alkyl halides is 3. The molecule has 0 bridgehead atoms. The van der Waals surface area contributed by atoms with Crippen molar-refractivity contribution in [1.82, 2.24) is 14.4 Å². The monoisotopic (exact) mass is 414 g/mol. The number of rotatable bonds is 5. The zero-order chi connectivity index (χ0) is 21.3. The number of methoxy groups -OCH3 is 2. The van der Waals surface area contributed by atoms with E-state index in [9.17, 15) is 13.2 Å². The van der Waals surface area contributed by atoms with Crippen LogP contribution in [0, 0.1) is 0 Å². The Morgan fingerprint density at radius 2 is 1.80 bits per heavy atom. The van der Waals surface area contributed by atoms with Gasteiger partial charge in [0.25, 0.3) is 0 Å². The van der Waals surface area contributed by atoms with Gasteiger partial charge in [-0.15, -0.1) is 0 Å². The van der Waals surface area contributed by atoms with Crippen LogP contribution in [0.4, 0.5) is 24.7 Å². The molecule has 0 fully saturated rings. The summed E-state index contributed by atoms with van der Waals surface area (Å²) in [5, 5.41) is 3.16. The molecule has 0 aliphatic heterocycles. The second kappa shape index (κ2) is 7.58. The lowest BCUT2D eigenvalue weighted by Crippen LogP contribution is -2.05. The summed E-state index contributed by atoms with van der Waals surface area (Å²) in [6.07, 6.45) is 0.494. The Morgan fingerprint density at radius 1 is 1.00 bits per heavy atom. The number of fused-ring (bicyclic) bond motifs is 1. The summed E-state index contributed by atoms with van der Waals surface area (Å²) in [6.45, 7) is 0. The van der Waals surface area contributed by atoms with Gasteiger partial charge in [-0.2, -0.15) is 13.2 Å². The molecule has 0 amide bonds. The van der Waals surface area contributed by atoms with Crippen molar-refractivity contribution in [2.45, 2.75) is 6.18 Å². The van der Waals surface area contributed by atoms with Crippen LogP contribution in [-0.4, -0.2) is 28.6 Å². The van der Waals surface area contributed by atoms with Gasteiger partial charge in [-0.3, -0.25) is 0 Å². The Morgan fingerprint density at radius 3 is 2.53 bits per heavy atom. The molecule has 0 aliphatic rings. The first-order valence-electron chi connectivity index (χ1n) is 8.89. The standard InChI is InChI=1S/C21H17F3N4O2/c1-29-17-7-6-15(11-18(17)30-2)26-19-20-25-8-9-28(20)12-16(27-19)13-4-3-5-14(10-13)21(22,23)24/h3-12H,1-2H3,(H,26,27). The Kier molecular flexibility index (Phi) is 4.94. The lowest BCUT2D eigenvalue weighted by Gasteiger charge is -2.13. The molecule has 4 aromatic rings. The van der Waals surface area contributed by atoms with Crippen LogP contribution in [0.15, 0.2) is 61.1 Å². The Balaban J connectivity index is 1.78. The number of imidazole rings is 1. The number of hydrogen-bond acceptors (Lipinski definition) is 5. The molecule has 0 unspecified atom stereocenters. The maximum Gasteiger partial charge on any atom is 0.416 e. The van der Waals surface area contributed by atoms with Crippen LogP contribution < -0.4 is 14.8 Å². The molecule has 154 valence electrons. The molecule has 30 heavy (non-hydrogen) atoms. The first-order valence-corrected chi connectivity index (χ1v) is 8.89. The zero-order valence-electron chi connectivity index (χ0n) is 16.1. The number of nitrogens with one attached hydrogen (secondary N) is 1. The number of halogens is 3. The largest absolute Gasteiger partial charge is 0.493 e. The van der Waals surface area contributed by atoms with Crippen LogP contribution in [0.25, 0.3) is 16.9 Å². The average Bonchev–Trinajstić information content (AvgIpc) is 3.22. The zero-order valence-corrected chi connectivity index (χ0v) is 16.1. The molecule has 2 aromatic heterocycles. The van der Waals surface area contributed by atoms with E-state index in [1.807, 2.05) is 0 Å². The number of nitrogens with zero attached hydrogens (tertiary/aromatic N) is 3. The molecule has 9 heteroatoms. The molecule has 0 saturated carbocycles. The van der Waals surface area contributed by atoms with Crippen molar-refractivity contribution in [1.29, 1.82) is 0 Å². The third kappa shape index (κ3) is 3.73. The summed E-state index contributed by atoms with van der Waals surface area (Å²) in [4.78, 5) is 8.81. The summed E-state index contributed by atoms with van der Waals surface area (Å²) < 4.78 is 51.6. The Hall–Kier alpha value is -3.75. The molecule has 0 radical (unpaired) electrons. The van der Waals surface area contributed by atoms with Crippen LogP contribution in [0.2, 0.25) is 0 Å². The molecular formula is C21H17F3N4O2. The minimum absolute atomic E-state index is 0.343. The first kappa shape index (κ1) is 19.6. The van der Waals surface area contributed by atoms with Gasteiger partial charge >= 0.3 is 6.18 Å². The van der Waals surface area contributed by atoms with E-state index in [2.05, 4.69) is 15.3 Å². The molecule has 0 aliphatic carbocycles. The van der Waals surface area contributed by atoms with Gasteiger partial charge in [0.05, 0.1) is 25.5 Å². The third-order valence-corrected chi connectivity index (χ3v) is 4.51. The highest BCUT2D eigenvalue weighted by molar-refractivity contribution is 5.74. The molecule has 6 nitrogen and oxygen atoms in total. The molecule has 4 rings (SSSR count). The van der Waals surface area contributed by atoms with E-state index in [0.717, 1.165) is 12.1 Å². The van der Waals surface area contributed by atoms with Crippen LogP contribution >= 0.6 is 0 Å². The van der Waals surface area contributed by atoms with Crippen molar-refractivity contribution in [3.05, 3.63) is 66.6 Å². The maximum absolute atomic E-state index is 13.1. The van der Waals surface area contributed by atoms with Crippen molar-refractivity contribution in [3.8, 4) is 22.8 Å². The van der Waals surface area contributed by atoms with Crippen molar-refractivity contribution in [3.63, 3.8) is 0 Å². The number of hydrogen-bond donors (Lipinski definition) is 1. The summed E-state index contributed by atoms with van der Waals surface area (Å²) in [5.41, 5.74) is 1.17. The lowest BCUT2D eigenvalue weighted by molar-refractivity contribution is -0.137. The van der Waals surface area contributed by atoms with Gasteiger partial charge in [0.2, 0.25) is 0 Å². The highest BCUT2D eigenvalue weighted by Crippen LogP contribution is 2.34. The topological polar surface area (TPSA) is 60.7 Å². The predicted molar refractivity (Wildman–Crippen MR) is 106 cm³/mol. The summed E-state index contributed by atoms with van der Waals surface area (Å²) in [6, 6.07) is 10.3. The molecule has 0 atom stereocenters.